The van der Waals surface area contributed by atoms with Gasteiger partial charge in [-0.05, 0) is 18.9 Å². The number of carbonyl (C=O) groups is 3. The molecule has 1 aliphatic rings. The molecule has 0 unspecified atom stereocenters. The first-order valence-electron chi connectivity index (χ1n) is 9.44. The maximum absolute atomic E-state index is 12.8. The molecular weight excluding hydrogens is 444 g/mol. The zero-order chi connectivity index (χ0) is 23.6. The fourth-order valence-electron chi connectivity index (χ4n) is 3.29. The molecule has 0 bridgehead atoms. The van der Waals surface area contributed by atoms with E-state index >= 15 is 0 Å². The molecule has 2 amide bonds. The second-order valence-corrected chi connectivity index (χ2v) is 7.93. The third kappa shape index (κ3) is 4.56. The molecule has 0 atom stereocenters. The molecule has 1 aromatic carbocycles. The molecule has 0 radical (unpaired) electrons. The van der Waals surface area contributed by atoms with Gasteiger partial charge in [-0.15, -0.1) is 11.3 Å². The van der Waals surface area contributed by atoms with Crippen molar-refractivity contribution in [1.82, 2.24) is 4.90 Å². The lowest BCUT2D eigenvalue weighted by Crippen LogP contribution is -2.34. The summed E-state index contributed by atoms with van der Waals surface area (Å²) in [5, 5.41) is 24.9. The van der Waals surface area contributed by atoms with Crippen LogP contribution in [0.1, 0.15) is 45.0 Å². The highest BCUT2D eigenvalue weighted by atomic mass is 32.1. The Balaban J connectivity index is 2.00. The molecule has 0 spiro atoms. The van der Waals surface area contributed by atoms with Crippen molar-refractivity contribution in [3.05, 3.63) is 60.0 Å². The van der Waals surface area contributed by atoms with Crippen LogP contribution in [-0.4, -0.2) is 45.7 Å². The summed E-state index contributed by atoms with van der Waals surface area (Å²) in [6.45, 7) is 3.83. The first kappa shape index (κ1) is 22.8. The largest absolute Gasteiger partial charge is 0.462 e. The molecule has 3 rings (SSSR count). The Bertz CT molecular complexity index is 1110. The number of nitrogens with zero attached hydrogens (tertiary/aromatic N) is 3. The number of rotatable bonds is 6. The van der Waals surface area contributed by atoms with Crippen LogP contribution in [0.25, 0.3) is 0 Å². The van der Waals surface area contributed by atoms with Crippen LogP contribution in [0.4, 0.5) is 16.4 Å². The monoisotopic (exact) mass is 462 g/mol. The quantitative estimate of drug-likeness (QED) is 0.389. The van der Waals surface area contributed by atoms with Crippen molar-refractivity contribution in [2.24, 2.45) is 0 Å². The molecule has 0 aliphatic carbocycles. The topological polar surface area (TPSA) is 162 Å². The van der Waals surface area contributed by atoms with Crippen molar-refractivity contribution >= 4 is 45.5 Å². The number of nitro groups is 2. The van der Waals surface area contributed by atoms with Gasteiger partial charge in [0.05, 0.1) is 40.2 Å². The molecule has 13 heteroatoms. The summed E-state index contributed by atoms with van der Waals surface area (Å²) in [5.41, 5.74) is -0.720. The number of hydrogen-bond donors (Lipinski definition) is 1. The molecule has 32 heavy (non-hydrogen) atoms. The lowest BCUT2D eigenvalue weighted by Gasteiger charge is -2.25. The summed E-state index contributed by atoms with van der Waals surface area (Å²) in [6, 6.07) is 2.58. The van der Waals surface area contributed by atoms with Crippen molar-refractivity contribution in [3.8, 4) is 0 Å². The molecule has 12 nitrogen and oxygen atoms in total. The number of hydrogen-bond acceptors (Lipinski definition) is 9. The molecule has 0 saturated carbocycles. The highest BCUT2D eigenvalue weighted by Crippen LogP contribution is 2.38. The van der Waals surface area contributed by atoms with Gasteiger partial charge >= 0.3 is 5.97 Å². The Morgan fingerprint density at radius 3 is 2.31 bits per heavy atom. The number of benzene rings is 1. The zero-order valence-electron chi connectivity index (χ0n) is 17.1. The highest BCUT2D eigenvalue weighted by molar-refractivity contribution is 7.17. The van der Waals surface area contributed by atoms with Gasteiger partial charge in [-0.1, -0.05) is 0 Å². The van der Waals surface area contributed by atoms with E-state index in [1.165, 1.54) is 6.92 Å². The van der Waals surface area contributed by atoms with Gasteiger partial charge in [-0.3, -0.25) is 29.8 Å². The smallest absolute Gasteiger partial charge is 0.341 e. The van der Waals surface area contributed by atoms with Gasteiger partial charge in [0.2, 0.25) is 5.91 Å². The van der Waals surface area contributed by atoms with Gasteiger partial charge in [-0.2, -0.15) is 0 Å². The maximum atomic E-state index is 12.8. The minimum absolute atomic E-state index is 0.105. The van der Waals surface area contributed by atoms with E-state index in [0.717, 1.165) is 29.5 Å². The summed E-state index contributed by atoms with van der Waals surface area (Å²) >= 11 is 1.09. The first-order chi connectivity index (χ1) is 15.1. The molecule has 1 aliphatic heterocycles. The van der Waals surface area contributed by atoms with Crippen molar-refractivity contribution in [2.75, 3.05) is 18.5 Å². The van der Waals surface area contributed by atoms with Gasteiger partial charge in [0.25, 0.3) is 17.3 Å². The fourth-order valence-corrected chi connectivity index (χ4v) is 4.54. The molecule has 0 saturated heterocycles. The average molecular weight is 462 g/mol. The Morgan fingerprint density at radius 2 is 1.78 bits per heavy atom. The normalized spacial score (nSPS) is 12.6. The second-order valence-electron chi connectivity index (χ2n) is 6.83. The van der Waals surface area contributed by atoms with Gasteiger partial charge in [0.1, 0.15) is 5.00 Å². The number of ether oxygens (including phenoxy) is 1. The Hall–Kier alpha value is -3.87. The van der Waals surface area contributed by atoms with Crippen molar-refractivity contribution in [2.45, 2.75) is 26.8 Å². The van der Waals surface area contributed by atoms with Crippen LogP contribution in [-0.2, 0) is 22.5 Å². The lowest BCUT2D eigenvalue weighted by molar-refractivity contribution is -0.394. The predicted octanol–water partition coefficient (Wildman–Crippen LogP) is 2.90. The summed E-state index contributed by atoms with van der Waals surface area (Å²) < 4.78 is 5.11. The van der Waals surface area contributed by atoms with E-state index in [4.69, 9.17) is 4.74 Å². The zero-order valence-corrected chi connectivity index (χ0v) is 17.9. The van der Waals surface area contributed by atoms with Gasteiger partial charge in [-0.25, -0.2) is 4.79 Å². The van der Waals surface area contributed by atoms with Crippen LogP contribution in [0.2, 0.25) is 0 Å². The minimum atomic E-state index is -0.857. The highest BCUT2D eigenvalue weighted by Gasteiger charge is 2.31. The van der Waals surface area contributed by atoms with E-state index in [9.17, 15) is 34.6 Å². The van der Waals surface area contributed by atoms with Crippen LogP contribution >= 0.6 is 11.3 Å². The summed E-state index contributed by atoms with van der Waals surface area (Å²) in [7, 11) is 0. The second kappa shape index (κ2) is 9.09. The van der Waals surface area contributed by atoms with E-state index in [1.54, 1.807) is 11.8 Å². The van der Waals surface area contributed by atoms with Gasteiger partial charge < -0.3 is 15.0 Å². The number of nitro benzene ring substituents is 2. The number of anilines is 1. The Kier molecular flexibility index (Phi) is 6.48. The Morgan fingerprint density at radius 1 is 1.16 bits per heavy atom. The van der Waals surface area contributed by atoms with E-state index < -0.39 is 33.1 Å². The predicted molar refractivity (Wildman–Crippen MR) is 113 cm³/mol. The summed E-state index contributed by atoms with van der Waals surface area (Å²) in [6.07, 6.45) is 0.387. The summed E-state index contributed by atoms with van der Waals surface area (Å²) in [5.74, 6) is -1.64. The standard InChI is InChI=1S/C19H18N4O8S/c1-3-31-19(26)16-14-4-5-21(10(2)24)9-15(14)32-18(16)20-17(25)11-6-12(22(27)28)8-13(7-11)23(29)30/h6-8H,3-5,9H2,1-2H3,(H,20,25). The minimum Gasteiger partial charge on any atom is -0.462 e. The number of non-ortho nitro benzene ring substituents is 2. The third-order valence-corrected chi connectivity index (χ3v) is 5.93. The van der Waals surface area contributed by atoms with Crippen LogP contribution < -0.4 is 5.32 Å². The first-order valence-corrected chi connectivity index (χ1v) is 10.3. The molecule has 168 valence electrons. The van der Waals surface area contributed by atoms with Crippen molar-refractivity contribution in [3.63, 3.8) is 0 Å². The van der Waals surface area contributed by atoms with Crippen LogP contribution in [0, 0.1) is 20.2 Å². The van der Waals surface area contributed by atoms with Crippen LogP contribution in [0.3, 0.4) is 0 Å². The van der Waals surface area contributed by atoms with Gasteiger partial charge in [0, 0.05) is 30.5 Å². The van der Waals surface area contributed by atoms with E-state index in [-0.39, 0.29) is 35.2 Å². The van der Waals surface area contributed by atoms with Crippen molar-refractivity contribution < 1.29 is 29.0 Å². The average Bonchev–Trinajstić information content (AvgIpc) is 3.10. The molecule has 1 aromatic heterocycles. The molecule has 1 N–H and O–H groups in total. The number of thiophene rings is 1. The molecule has 2 heterocycles. The number of fused-ring (bicyclic) bond motifs is 1. The number of esters is 1. The maximum Gasteiger partial charge on any atom is 0.341 e. The van der Waals surface area contributed by atoms with E-state index in [1.807, 2.05) is 0 Å². The molecule has 0 fully saturated rings. The van der Waals surface area contributed by atoms with E-state index in [0.29, 0.717) is 23.4 Å². The number of nitrogens with one attached hydrogen (secondary N) is 1. The fraction of sp³-hybridized carbons (Fsp3) is 0.316. The number of carbonyl (C=O) groups excluding carboxylic acids is 3. The lowest BCUT2D eigenvalue weighted by atomic mass is 10.0. The molecule has 2 aromatic rings. The SMILES string of the molecule is CCOC(=O)c1c(NC(=O)c2cc([N+](=O)[O-])cc([N+](=O)[O-])c2)sc2c1CCN(C(C)=O)C2. The van der Waals surface area contributed by atoms with Crippen LogP contribution in [0.15, 0.2) is 18.2 Å². The number of amides is 2. The summed E-state index contributed by atoms with van der Waals surface area (Å²) in [4.78, 5) is 60.0. The van der Waals surface area contributed by atoms with Crippen LogP contribution in [0.5, 0.6) is 0 Å². The van der Waals surface area contributed by atoms with E-state index in [2.05, 4.69) is 5.32 Å². The van der Waals surface area contributed by atoms with Crippen molar-refractivity contribution in [1.29, 1.82) is 0 Å². The molecular formula is C19H18N4O8S. The Labute approximate surface area is 185 Å². The van der Waals surface area contributed by atoms with Gasteiger partial charge in [0.15, 0.2) is 0 Å². The third-order valence-electron chi connectivity index (χ3n) is 4.80.